The zero-order chi connectivity index (χ0) is 15.2. The minimum Gasteiger partial charge on any atom is -0.325 e. The molecule has 0 fully saturated rings. The van der Waals surface area contributed by atoms with E-state index in [0.717, 1.165) is 16.6 Å². The molecule has 1 amide bonds. The van der Waals surface area contributed by atoms with E-state index in [9.17, 15) is 4.79 Å². The van der Waals surface area contributed by atoms with Crippen molar-refractivity contribution in [2.45, 2.75) is 18.2 Å². The highest BCUT2D eigenvalue weighted by molar-refractivity contribution is 9.08. The maximum atomic E-state index is 11.3. The van der Waals surface area contributed by atoms with Gasteiger partial charge in [0.25, 0.3) is 0 Å². The topological polar surface area (TPSA) is 29.1 Å². The molecule has 1 heterocycles. The predicted molar refractivity (Wildman–Crippen MR) is 91.8 cm³/mol. The van der Waals surface area contributed by atoms with Crippen LogP contribution in [0.3, 0.4) is 0 Å². The zero-order valence-electron chi connectivity index (χ0n) is 12.0. The fraction of sp³-hybridized carbons (Fsp3) is 0.167. The average molecular weight is 344 g/mol. The quantitative estimate of drug-likeness (QED) is 0.615. The van der Waals surface area contributed by atoms with Crippen LogP contribution in [0, 0.1) is 6.92 Å². The minimum atomic E-state index is -0.166. The van der Waals surface area contributed by atoms with Crippen molar-refractivity contribution in [3.05, 3.63) is 77.9 Å². The summed E-state index contributed by atoms with van der Waals surface area (Å²) in [6, 6.07) is 16.0. The van der Waals surface area contributed by atoms with Crippen LogP contribution in [-0.2, 0) is 10.1 Å². The molecule has 1 unspecified atom stereocenters. The van der Waals surface area contributed by atoms with Crippen molar-refractivity contribution < 1.29 is 4.79 Å². The van der Waals surface area contributed by atoms with Crippen molar-refractivity contribution in [1.82, 2.24) is 0 Å². The summed E-state index contributed by atoms with van der Waals surface area (Å²) in [5.74, 6) is -0.146. The van der Waals surface area contributed by atoms with E-state index in [1.54, 1.807) is 6.08 Å². The van der Waals surface area contributed by atoms with Crippen LogP contribution in [0.15, 0.2) is 61.2 Å². The summed E-state index contributed by atoms with van der Waals surface area (Å²) >= 11 is 3.41. The molecule has 0 aliphatic carbocycles. The molecule has 21 heavy (non-hydrogen) atoms. The van der Waals surface area contributed by atoms with E-state index in [-0.39, 0.29) is 11.8 Å². The molecule has 0 saturated carbocycles. The molecule has 1 atom stereocenters. The van der Waals surface area contributed by atoms with Crippen molar-refractivity contribution in [1.29, 1.82) is 0 Å². The fourth-order valence-electron chi connectivity index (χ4n) is 2.23. The number of halogens is 1. The molecule has 3 rings (SSSR count). The van der Waals surface area contributed by atoms with Gasteiger partial charge in [-0.2, -0.15) is 0 Å². The number of rotatable bonds is 2. The molecule has 108 valence electrons. The number of para-hydroxylation sites is 1. The Balaban J connectivity index is 0.000000161. The first-order valence-electron chi connectivity index (χ1n) is 6.80. The average Bonchev–Trinajstić information content (AvgIpc) is 2.83. The van der Waals surface area contributed by atoms with Crippen LogP contribution in [0.4, 0.5) is 5.69 Å². The summed E-state index contributed by atoms with van der Waals surface area (Å²) in [4.78, 5) is 11.3. The molecule has 0 radical (unpaired) electrons. The molecule has 3 heteroatoms. The van der Waals surface area contributed by atoms with Crippen LogP contribution >= 0.6 is 15.9 Å². The Labute approximate surface area is 134 Å². The van der Waals surface area contributed by atoms with Crippen molar-refractivity contribution in [3.8, 4) is 0 Å². The summed E-state index contributed by atoms with van der Waals surface area (Å²) in [6.45, 7) is 5.75. The van der Waals surface area contributed by atoms with Gasteiger partial charge in [-0.15, -0.1) is 6.58 Å². The number of carbonyl (C=O) groups is 1. The van der Waals surface area contributed by atoms with Crippen LogP contribution in [0.2, 0.25) is 0 Å². The lowest BCUT2D eigenvalue weighted by atomic mass is 10.0. The lowest BCUT2D eigenvalue weighted by Crippen LogP contribution is -2.09. The standard InChI is InChI=1S/C10H9NO.C8H9Br/c1-2-7-8-5-3-4-6-9(8)11-10(7)12;1-7-4-2-3-5-8(7)6-9/h2-7H,1H2,(H,11,12);2-5H,6H2,1H3. The van der Waals surface area contributed by atoms with Gasteiger partial charge in [0.1, 0.15) is 0 Å². The monoisotopic (exact) mass is 343 g/mol. The van der Waals surface area contributed by atoms with E-state index >= 15 is 0 Å². The largest absolute Gasteiger partial charge is 0.325 e. The van der Waals surface area contributed by atoms with E-state index in [0.29, 0.717) is 0 Å². The van der Waals surface area contributed by atoms with Crippen molar-refractivity contribution in [2.24, 2.45) is 0 Å². The molecule has 0 bridgehead atoms. The molecule has 2 nitrogen and oxygen atoms in total. The number of benzene rings is 2. The molecule has 0 saturated heterocycles. The van der Waals surface area contributed by atoms with Gasteiger partial charge in [0.05, 0.1) is 5.92 Å². The first kappa shape index (κ1) is 15.5. The molecule has 1 N–H and O–H groups in total. The summed E-state index contributed by atoms with van der Waals surface area (Å²) in [6.07, 6.45) is 1.67. The zero-order valence-corrected chi connectivity index (χ0v) is 13.6. The third kappa shape index (κ3) is 3.61. The predicted octanol–water partition coefficient (Wildman–Crippen LogP) is 4.80. The number of anilines is 1. The van der Waals surface area contributed by atoms with Gasteiger partial charge in [-0.25, -0.2) is 0 Å². The first-order valence-corrected chi connectivity index (χ1v) is 7.92. The smallest absolute Gasteiger partial charge is 0.235 e. The van der Waals surface area contributed by atoms with Gasteiger partial charge in [-0.1, -0.05) is 64.5 Å². The Morgan fingerprint density at radius 1 is 1.19 bits per heavy atom. The maximum absolute atomic E-state index is 11.3. The van der Waals surface area contributed by atoms with Gasteiger partial charge in [-0.3, -0.25) is 4.79 Å². The van der Waals surface area contributed by atoms with Gasteiger partial charge in [-0.05, 0) is 29.7 Å². The van der Waals surface area contributed by atoms with Gasteiger partial charge >= 0.3 is 0 Å². The number of carbonyl (C=O) groups excluding carboxylic acids is 1. The second-order valence-electron chi connectivity index (χ2n) is 4.85. The molecule has 1 aliphatic heterocycles. The molecule has 0 spiro atoms. The third-order valence-electron chi connectivity index (χ3n) is 3.48. The highest BCUT2D eigenvalue weighted by atomic mass is 79.9. The Kier molecular flexibility index (Phi) is 5.34. The first-order chi connectivity index (χ1) is 10.2. The lowest BCUT2D eigenvalue weighted by molar-refractivity contribution is -0.116. The molecule has 2 aromatic carbocycles. The highest BCUT2D eigenvalue weighted by Crippen LogP contribution is 2.32. The number of amides is 1. The Bertz CT molecular complexity index is 651. The van der Waals surface area contributed by atoms with Gasteiger partial charge in [0.15, 0.2) is 0 Å². The van der Waals surface area contributed by atoms with Gasteiger partial charge < -0.3 is 5.32 Å². The van der Waals surface area contributed by atoms with E-state index in [1.165, 1.54) is 11.1 Å². The summed E-state index contributed by atoms with van der Waals surface area (Å²) < 4.78 is 0. The summed E-state index contributed by atoms with van der Waals surface area (Å²) in [5, 5.41) is 3.75. The maximum Gasteiger partial charge on any atom is 0.235 e. The highest BCUT2D eigenvalue weighted by Gasteiger charge is 2.26. The Hall–Kier alpha value is -1.87. The number of hydrogen-bond acceptors (Lipinski definition) is 1. The SMILES string of the molecule is C=CC1C(=O)Nc2ccccc21.Cc1ccccc1CBr. The molecule has 1 aliphatic rings. The van der Waals surface area contributed by atoms with E-state index < -0.39 is 0 Å². The van der Waals surface area contributed by atoms with Crippen molar-refractivity contribution in [2.75, 3.05) is 5.32 Å². The summed E-state index contributed by atoms with van der Waals surface area (Å²) in [5.41, 5.74) is 4.66. The molecule has 2 aromatic rings. The molecular weight excluding hydrogens is 326 g/mol. The van der Waals surface area contributed by atoms with Crippen LogP contribution in [0.1, 0.15) is 22.6 Å². The van der Waals surface area contributed by atoms with E-state index in [1.807, 2.05) is 24.3 Å². The molecule has 0 aromatic heterocycles. The van der Waals surface area contributed by atoms with E-state index in [4.69, 9.17) is 0 Å². The number of nitrogens with one attached hydrogen (secondary N) is 1. The van der Waals surface area contributed by atoms with Crippen LogP contribution in [0.25, 0.3) is 0 Å². The Morgan fingerprint density at radius 2 is 1.86 bits per heavy atom. The fourth-order valence-corrected chi connectivity index (χ4v) is 2.86. The number of fused-ring (bicyclic) bond motifs is 1. The lowest BCUT2D eigenvalue weighted by Gasteiger charge is -1.99. The minimum absolute atomic E-state index is 0.0196. The van der Waals surface area contributed by atoms with E-state index in [2.05, 4.69) is 59.0 Å². The second kappa shape index (κ2) is 7.23. The number of alkyl halides is 1. The van der Waals surface area contributed by atoms with Crippen LogP contribution in [-0.4, -0.2) is 5.91 Å². The third-order valence-corrected chi connectivity index (χ3v) is 4.08. The molecular formula is C18H18BrNO. The number of hydrogen-bond donors (Lipinski definition) is 1. The van der Waals surface area contributed by atoms with Crippen LogP contribution < -0.4 is 5.32 Å². The van der Waals surface area contributed by atoms with Gasteiger partial charge in [0.2, 0.25) is 5.91 Å². The Morgan fingerprint density at radius 3 is 2.48 bits per heavy atom. The van der Waals surface area contributed by atoms with Crippen LogP contribution in [0.5, 0.6) is 0 Å². The van der Waals surface area contributed by atoms with Crippen molar-refractivity contribution >= 4 is 27.5 Å². The summed E-state index contributed by atoms with van der Waals surface area (Å²) in [7, 11) is 0. The normalized spacial score (nSPS) is 15.5. The van der Waals surface area contributed by atoms with Gasteiger partial charge in [0, 0.05) is 11.0 Å². The van der Waals surface area contributed by atoms with Crippen molar-refractivity contribution in [3.63, 3.8) is 0 Å². The number of aryl methyl sites for hydroxylation is 1. The second-order valence-corrected chi connectivity index (χ2v) is 5.41.